The van der Waals surface area contributed by atoms with Gasteiger partial charge in [0.2, 0.25) is 15.9 Å². The molecule has 0 atom stereocenters. The Morgan fingerprint density at radius 2 is 1.76 bits per heavy atom. The molecule has 0 fully saturated rings. The number of nitrogens with one attached hydrogen (secondary N) is 2. The summed E-state index contributed by atoms with van der Waals surface area (Å²) in [5, 5.41) is 2.63. The predicted octanol–water partition coefficient (Wildman–Crippen LogP) is 2.99. The molecule has 1 amide bonds. The Labute approximate surface area is 171 Å². The van der Waals surface area contributed by atoms with Crippen LogP contribution >= 0.6 is 0 Å². The molecule has 6 nitrogen and oxygen atoms in total. The van der Waals surface area contributed by atoms with Crippen molar-refractivity contribution < 1.29 is 22.3 Å². The van der Waals surface area contributed by atoms with Crippen molar-refractivity contribution in [3.63, 3.8) is 0 Å². The first kappa shape index (κ1) is 22.8. The second kappa shape index (κ2) is 9.84. The SMILES string of the molecule is CC(C)(C)c1ccc(S(=O)(=O)NCCC(=O)NCCOc2cccc(F)c2)cc1. The van der Waals surface area contributed by atoms with Crippen molar-refractivity contribution in [3.05, 3.63) is 59.9 Å². The van der Waals surface area contributed by atoms with Gasteiger partial charge in [-0.15, -0.1) is 0 Å². The molecule has 0 bridgehead atoms. The number of benzene rings is 2. The summed E-state index contributed by atoms with van der Waals surface area (Å²) in [4.78, 5) is 12.0. The van der Waals surface area contributed by atoms with E-state index in [1.807, 2.05) is 0 Å². The Morgan fingerprint density at radius 3 is 2.38 bits per heavy atom. The van der Waals surface area contributed by atoms with Gasteiger partial charge in [-0.1, -0.05) is 39.0 Å². The highest BCUT2D eigenvalue weighted by Crippen LogP contribution is 2.23. The molecule has 0 radical (unpaired) electrons. The van der Waals surface area contributed by atoms with Gasteiger partial charge in [-0.05, 0) is 35.2 Å². The highest BCUT2D eigenvalue weighted by Gasteiger charge is 2.17. The molecule has 0 saturated carbocycles. The summed E-state index contributed by atoms with van der Waals surface area (Å²) in [6, 6.07) is 12.4. The van der Waals surface area contributed by atoms with Gasteiger partial charge < -0.3 is 10.1 Å². The molecule has 0 spiro atoms. The van der Waals surface area contributed by atoms with Crippen molar-refractivity contribution in [2.75, 3.05) is 19.7 Å². The van der Waals surface area contributed by atoms with Crippen LogP contribution in [0.25, 0.3) is 0 Å². The fourth-order valence-electron chi connectivity index (χ4n) is 2.52. The number of carbonyl (C=O) groups excluding carboxylic acids is 1. The predicted molar refractivity (Wildman–Crippen MR) is 110 cm³/mol. The minimum Gasteiger partial charge on any atom is -0.492 e. The van der Waals surface area contributed by atoms with Crippen LogP contribution in [0.3, 0.4) is 0 Å². The first-order valence-electron chi connectivity index (χ1n) is 9.33. The normalized spacial score (nSPS) is 11.9. The molecule has 0 aromatic heterocycles. The minimum atomic E-state index is -3.67. The van der Waals surface area contributed by atoms with Gasteiger partial charge in [-0.25, -0.2) is 17.5 Å². The lowest BCUT2D eigenvalue weighted by Crippen LogP contribution is -2.32. The van der Waals surface area contributed by atoms with Crippen LogP contribution in [0.2, 0.25) is 0 Å². The number of rotatable bonds is 9. The van der Waals surface area contributed by atoms with E-state index in [1.54, 1.807) is 30.3 Å². The van der Waals surface area contributed by atoms with Crippen LogP contribution in [0, 0.1) is 5.82 Å². The lowest BCUT2D eigenvalue weighted by molar-refractivity contribution is -0.121. The largest absolute Gasteiger partial charge is 0.492 e. The van der Waals surface area contributed by atoms with Gasteiger partial charge in [-0.2, -0.15) is 0 Å². The van der Waals surface area contributed by atoms with Crippen molar-refractivity contribution in [1.82, 2.24) is 10.0 Å². The van der Waals surface area contributed by atoms with E-state index in [9.17, 15) is 17.6 Å². The zero-order valence-corrected chi connectivity index (χ0v) is 17.7. The fourth-order valence-corrected chi connectivity index (χ4v) is 3.55. The number of halogens is 1. The molecule has 2 aromatic carbocycles. The quantitative estimate of drug-likeness (QED) is 0.609. The summed E-state index contributed by atoms with van der Waals surface area (Å²) in [6.07, 6.45) is -0.000724. The van der Waals surface area contributed by atoms with Crippen molar-refractivity contribution in [2.45, 2.75) is 37.5 Å². The van der Waals surface area contributed by atoms with Gasteiger partial charge in [0.1, 0.15) is 18.2 Å². The van der Waals surface area contributed by atoms with Crippen LogP contribution in [0.15, 0.2) is 53.4 Å². The van der Waals surface area contributed by atoms with Crippen molar-refractivity contribution in [2.24, 2.45) is 0 Å². The molecule has 2 aromatic rings. The maximum Gasteiger partial charge on any atom is 0.240 e. The van der Waals surface area contributed by atoms with Crippen LogP contribution in [-0.2, 0) is 20.2 Å². The topological polar surface area (TPSA) is 84.5 Å². The maximum absolute atomic E-state index is 13.0. The molecule has 0 unspecified atom stereocenters. The monoisotopic (exact) mass is 422 g/mol. The smallest absolute Gasteiger partial charge is 0.240 e. The maximum atomic E-state index is 13.0. The molecular formula is C21H27FN2O4S. The van der Waals surface area contributed by atoms with Crippen LogP contribution in [0.1, 0.15) is 32.8 Å². The lowest BCUT2D eigenvalue weighted by Gasteiger charge is -2.19. The van der Waals surface area contributed by atoms with Crippen LogP contribution in [0.4, 0.5) is 4.39 Å². The standard InChI is InChI=1S/C21H27FN2O4S/c1-21(2,3)16-7-9-19(10-8-16)29(26,27)24-12-11-20(25)23-13-14-28-18-6-4-5-17(22)15-18/h4-10,15,24H,11-14H2,1-3H3,(H,23,25). The summed E-state index contributed by atoms with van der Waals surface area (Å²) in [6.45, 7) is 6.56. The van der Waals surface area contributed by atoms with Crippen LogP contribution in [-0.4, -0.2) is 34.0 Å². The molecule has 0 aliphatic heterocycles. The molecule has 29 heavy (non-hydrogen) atoms. The van der Waals surface area contributed by atoms with E-state index in [1.165, 1.54) is 18.2 Å². The minimum absolute atomic E-state index is 0.000724. The Balaban J connectivity index is 1.71. The fraction of sp³-hybridized carbons (Fsp3) is 0.381. The van der Waals surface area contributed by atoms with Crippen molar-refractivity contribution >= 4 is 15.9 Å². The van der Waals surface area contributed by atoms with Gasteiger partial charge in [0.15, 0.2) is 0 Å². The number of hydrogen-bond donors (Lipinski definition) is 2. The van der Waals surface area contributed by atoms with Gasteiger partial charge in [0.05, 0.1) is 11.4 Å². The summed E-state index contributed by atoms with van der Waals surface area (Å²) >= 11 is 0. The third kappa shape index (κ3) is 7.47. The summed E-state index contributed by atoms with van der Waals surface area (Å²) in [5.41, 5.74) is 0.975. The number of hydrogen-bond acceptors (Lipinski definition) is 4. The number of amides is 1. The number of carbonyl (C=O) groups is 1. The molecule has 0 saturated heterocycles. The van der Waals surface area contributed by atoms with Gasteiger partial charge >= 0.3 is 0 Å². The average Bonchev–Trinajstić information content (AvgIpc) is 2.64. The Kier molecular flexibility index (Phi) is 7.75. The number of sulfonamides is 1. The third-order valence-corrected chi connectivity index (χ3v) is 5.64. The summed E-state index contributed by atoms with van der Waals surface area (Å²) < 4.78 is 45.4. The first-order valence-corrected chi connectivity index (χ1v) is 10.8. The van der Waals surface area contributed by atoms with E-state index >= 15 is 0 Å². The van der Waals surface area contributed by atoms with E-state index in [2.05, 4.69) is 30.8 Å². The lowest BCUT2D eigenvalue weighted by atomic mass is 9.87. The Hall–Kier alpha value is -2.45. The highest BCUT2D eigenvalue weighted by atomic mass is 32.2. The van der Waals surface area contributed by atoms with E-state index in [-0.39, 0.29) is 42.3 Å². The van der Waals surface area contributed by atoms with Crippen LogP contribution < -0.4 is 14.8 Å². The van der Waals surface area contributed by atoms with E-state index in [4.69, 9.17) is 4.74 Å². The number of ether oxygens (including phenoxy) is 1. The van der Waals surface area contributed by atoms with Crippen molar-refractivity contribution in [1.29, 1.82) is 0 Å². The Morgan fingerprint density at radius 1 is 1.07 bits per heavy atom. The second-order valence-corrected chi connectivity index (χ2v) is 9.34. The van der Waals surface area contributed by atoms with E-state index in [0.29, 0.717) is 5.75 Å². The molecule has 0 aliphatic rings. The van der Waals surface area contributed by atoms with Gasteiger partial charge in [0.25, 0.3) is 0 Å². The molecular weight excluding hydrogens is 395 g/mol. The van der Waals surface area contributed by atoms with Crippen molar-refractivity contribution in [3.8, 4) is 5.75 Å². The molecule has 8 heteroatoms. The summed E-state index contributed by atoms with van der Waals surface area (Å²) in [5.74, 6) is -0.324. The third-order valence-electron chi connectivity index (χ3n) is 4.16. The van der Waals surface area contributed by atoms with Crippen LogP contribution in [0.5, 0.6) is 5.75 Å². The van der Waals surface area contributed by atoms with E-state index in [0.717, 1.165) is 5.56 Å². The van der Waals surface area contributed by atoms with Gasteiger partial charge in [0, 0.05) is 19.0 Å². The average molecular weight is 423 g/mol. The zero-order chi connectivity index (χ0) is 21.5. The molecule has 2 rings (SSSR count). The summed E-state index contributed by atoms with van der Waals surface area (Å²) in [7, 11) is -3.67. The van der Waals surface area contributed by atoms with Gasteiger partial charge in [-0.3, -0.25) is 4.79 Å². The molecule has 158 valence electrons. The molecule has 0 heterocycles. The van der Waals surface area contributed by atoms with E-state index < -0.39 is 15.8 Å². The first-order chi connectivity index (χ1) is 13.6. The second-order valence-electron chi connectivity index (χ2n) is 7.58. The molecule has 0 aliphatic carbocycles. The zero-order valence-electron chi connectivity index (χ0n) is 16.9. The molecule has 2 N–H and O–H groups in total. The highest BCUT2D eigenvalue weighted by molar-refractivity contribution is 7.89. The Bertz CT molecular complexity index is 922.